The highest BCUT2D eigenvalue weighted by Crippen LogP contribution is 2.21. The summed E-state index contributed by atoms with van der Waals surface area (Å²) < 4.78 is 2.65. The lowest BCUT2D eigenvalue weighted by atomic mass is 10.2. The molecule has 0 aliphatic heterocycles. The van der Waals surface area contributed by atoms with Gasteiger partial charge in [-0.25, -0.2) is 4.68 Å². The Labute approximate surface area is 158 Å². The molecule has 1 N–H and O–H groups in total. The van der Waals surface area contributed by atoms with Crippen LogP contribution in [0.4, 0.5) is 0 Å². The van der Waals surface area contributed by atoms with Gasteiger partial charge in [-0.15, -0.1) is 10.2 Å². The molecule has 1 amide bonds. The molecular formula is C17H15IN4OS. The van der Waals surface area contributed by atoms with E-state index < -0.39 is 0 Å². The van der Waals surface area contributed by atoms with Crippen LogP contribution in [0.3, 0.4) is 0 Å². The molecule has 24 heavy (non-hydrogen) atoms. The molecular weight excluding hydrogens is 435 g/mol. The van der Waals surface area contributed by atoms with Crippen LogP contribution in [-0.2, 0) is 5.75 Å². The molecule has 0 saturated carbocycles. The first-order chi connectivity index (χ1) is 11.6. The van der Waals surface area contributed by atoms with E-state index >= 15 is 0 Å². The second-order valence-electron chi connectivity index (χ2n) is 5.09. The Morgan fingerprint density at radius 1 is 1.17 bits per heavy atom. The van der Waals surface area contributed by atoms with E-state index in [2.05, 4.69) is 50.3 Å². The number of aryl methyl sites for hydroxylation is 1. The molecule has 2 aromatic carbocycles. The Hall–Kier alpha value is -1.87. The summed E-state index contributed by atoms with van der Waals surface area (Å²) in [6.07, 6.45) is 0. The molecule has 0 aliphatic rings. The number of aromatic nitrogens is 3. The molecule has 7 heteroatoms. The van der Waals surface area contributed by atoms with E-state index in [1.807, 2.05) is 43.3 Å². The van der Waals surface area contributed by atoms with Gasteiger partial charge < -0.3 is 0 Å². The summed E-state index contributed by atoms with van der Waals surface area (Å²) in [6.45, 7) is 1.81. The second kappa shape index (κ2) is 7.80. The Morgan fingerprint density at radius 3 is 2.71 bits per heavy atom. The standard InChI is InChI=1S/C17H15IN4OS/c1-12-19-20-17(24-11-13-6-3-2-4-7-13)22(12)21-16(23)14-8-5-9-15(18)10-14/h2-10H,11H2,1H3,(H,21,23). The second-order valence-corrected chi connectivity index (χ2v) is 7.28. The normalized spacial score (nSPS) is 10.6. The number of nitrogens with one attached hydrogen (secondary N) is 1. The van der Waals surface area contributed by atoms with Gasteiger partial charge in [0.25, 0.3) is 5.91 Å². The maximum atomic E-state index is 12.4. The largest absolute Gasteiger partial charge is 0.270 e. The molecule has 1 aromatic heterocycles. The van der Waals surface area contributed by atoms with Crippen molar-refractivity contribution in [1.82, 2.24) is 14.9 Å². The Kier molecular flexibility index (Phi) is 5.52. The first-order valence-corrected chi connectivity index (χ1v) is 9.35. The van der Waals surface area contributed by atoms with Crippen LogP contribution in [0.2, 0.25) is 0 Å². The van der Waals surface area contributed by atoms with E-state index in [1.54, 1.807) is 10.7 Å². The minimum absolute atomic E-state index is 0.182. The summed E-state index contributed by atoms with van der Waals surface area (Å²) in [5.41, 5.74) is 4.67. The third kappa shape index (κ3) is 4.15. The number of carbonyl (C=O) groups excluding carboxylic acids is 1. The number of rotatable bonds is 5. The lowest BCUT2D eigenvalue weighted by molar-refractivity contribution is 0.100. The lowest BCUT2D eigenvalue weighted by Gasteiger charge is -2.10. The minimum Gasteiger partial charge on any atom is -0.267 e. The van der Waals surface area contributed by atoms with Crippen molar-refractivity contribution in [3.05, 3.63) is 75.1 Å². The van der Waals surface area contributed by atoms with Crippen LogP contribution in [0.25, 0.3) is 0 Å². The molecule has 0 radical (unpaired) electrons. The van der Waals surface area contributed by atoms with Gasteiger partial charge in [0.15, 0.2) is 0 Å². The van der Waals surface area contributed by atoms with E-state index in [4.69, 9.17) is 0 Å². The van der Waals surface area contributed by atoms with Gasteiger partial charge in [0.2, 0.25) is 5.16 Å². The quantitative estimate of drug-likeness (QED) is 0.474. The molecule has 0 saturated heterocycles. The topological polar surface area (TPSA) is 59.8 Å². The number of amides is 1. The number of benzene rings is 2. The zero-order valence-corrected chi connectivity index (χ0v) is 15.9. The fourth-order valence-corrected chi connectivity index (χ4v) is 3.52. The number of thioether (sulfide) groups is 1. The van der Waals surface area contributed by atoms with Gasteiger partial charge in [0.1, 0.15) is 5.82 Å². The molecule has 0 spiro atoms. The van der Waals surface area contributed by atoms with Gasteiger partial charge in [-0.2, -0.15) is 0 Å². The smallest absolute Gasteiger partial charge is 0.267 e. The Morgan fingerprint density at radius 2 is 1.96 bits per heavy atom. The number of hydrogen-bond donors (Lipinski definition) is 1. The third-order valence-corrected chi connectivity index (χ3v) is 4.98. The predicted molar refractivity (Wildman–Crippen MR) is 104 cm³/mol. The Bertz CT molecular complexity index is 851. The molecule has 0 fully saturated rings. The van der Waals surface area contributed by atoms with Crippen molar-refractivity contribution in [2.45, 2.75) is 17.8 Å². The van der Waals surface area contributed by atoms with Crippen molar-refractivity contribution in [3.8, 4) is 0 Å². The summed E-state index contributed by atoms with van der Waals surface area (Å²) in [5.74, 6) is 1.22. The van der Waals surface area contributed by atoms with Crippen LogP contribution >= 0.6 is 34.4 Å². The van der Waals surface area contributed by atoms with Crippen molar-refractivity contribution in [1.29, 1.82) is 0 Å². The molecule has 122 valence electrons. The van der Waals surface area contributed by atoms with Crippen molar-refractivity contribution in [3.63, 3.8) is 0 Å². The van der Waals surface area contributed by atoms with Gasteiger partial charge in [0.05, 0.1) is 0 Å². The summed E-state index contributed by atoms with van der Waals surface area (Å²) in [6, 6.07) is 17.6. The van der Waals surface area contributed by atoms with E-state index in [0.29, 0.717) is 16.5 Å². The van der Waals surface area contributed by atoms with Crippen LogP contribution in [0.15, 0.2) is 59.8 Å². The van der Waals surface area contributed by atoms with Crippen molar-refractivity contribution < 1.29 is 4.79 Å². The minimum atomic E-state index is -0.182. The molecule has 1 heterocycles. The lowest BCUT2D eigenvalue weighted by Crippen LogP contribution is -2.24. The first kappa shape index (κ1) is 17.0. The average molecular weight is 450 g/mol. The molecule has 0 aliphatic carbocycles. The van der Waals surface area contributed by atoms with Gasteiger partial charge in [0, 0.05) is 14.9 Å². The number of nitrogens with zero attached hydrogens (tertiary/aromatic N) is 3. The third-order valence-electron chi connectivity index (χ3n) is 3.31. The highest BCUT2D eigenvalue weighted by molar-refractivity contribution is 14.1. The monoisotopic (exact) mass is 450 g/mol. The highest BCUT2D eigenvalue weighted by Gasteiger charge is 2.14. The van der Waals surface area contributed by atoms with Crippen LogP contribution in [0.5, 0.6) is 0 Å². The fourth-order valence-electron chi connectivity index (χ4n) is 2.08. The van der Waals surface area contributed by atoms with E-state index in [9.17, 15) is 4.79 Å². The van der Waals surface area contributed by atoms with Gasteiger partial charge in [-0.3, -0.25) is 10.2 Å². The number of hydrogen-bond acceptors (Lipinski definition) is 4. The zero-order chi connectivity index (χ0) is 16.9. The molecule has 3 aromatic rings. The van der Waals surface area contributed by atoms with E-state index in [1.165, 1.54) is 17.3 Å². The van der Waals surface area contributed by atoms with E-state index in [-0.39, 0.29) is 5.91 Å². The van der Waals surface area contributed by atoms with Gasteiger partial charge >= 0.3 is 0 Å². The highest BCUT2D eigenvalue weighted by atomic mass is 127. The summed E-state index contributed by atoms with van der Waals surface area (Å²) >= 11 is 3.72. The summed E-state index contributed by atoms with van der Waals surface area (Å²) in [5, 5.41) is 8.89. The zero-order valence-electron chi connectivity index (χ0n) is 12.9. The van der Waals surface area contributed by atoms with E-state index in [0.717, 1.165) is 9.32 Å². The maximum Gasteiger partial charge on any atom is 0.270 e. The molecule has 3 rings (SSSR count). The van der Waals surface area contributed by atoms with Crippen molar-refractivity contribution in [2.24, 2.45) is 0 Å². The number of halogens is 1. The van der Waals surface area contributed by atoms with Crippen molar-refractivity contribution in [2.75, 3.05) is 5.43 Å². The average Bonchev–Trinajstić information content (AvgIpc) is 2.94. The summed E-state index contributed by atoms with van der Waals surface area (Å²) in [7, 11) is 0. The fraction of sp³-hybridized carbons (Fsp3) is 0.118. The summed E-state index contributed by atoms with van der Waals surface area (Å²) in [4.78, 5) is 12.4. The van der Waals surface area contributed by atoms with Gasteiger partial charge in [-0.1, -0.05) is 48.2 Å². The molecule has 5 nitrogen and oxygen atoms in total. The first-order valence-electron chi connectivity index (χ1n) is 7.29. The maximum absolute atomic E-state index is 12.4. The van der Waals surface area contributed by atoms with Crippen LogP contribution in [0.1, 0.15) is 21.7 Å². The van der Waals surface area contributed by atoms with Gasteiger partial charge in [-0.05, 0) is 53.3 Å². The number of carbonyl (C=O) groups is 1. The molecule has 0 atom stereocenters. The van der Waals surface area contributed by atoms with Crippen LogP contribution in [-0.4, -0.2) is 20.8 Å². The Balaban J connectivity index is 1.74. The SMILES string of the molecule is Cc1nnc(SCc2ccccc2)n1NC(=O)c1cccc(I)c1. The predicted octanol–water partition coefficient (Wildman–Crippen LogP) is 3.87. The molecule has 0 bridgehead atoms. The van der Waals surface area contributed by atoms with Crippen LogP contribution < -0.4 is 5.43 Å². The van der Waals surface area contributed by atoms with Crippen molar-refractivity contribution >= 4 is 40.3 Å². The van der Waals surface area contributed by atoms with Crippen LogP contribution in [0, 0.1) is 10.5 Å². The molecule has 0 unspecified atom stereocenters.